The van der Waals surface area contributed by atoms with Crippen LogP contribution in [0.15, 0.2) is 54.6 Å². The number of anilines is 1. The molecule has 0 bridgehead atoms. The molecule has 1 aliphatic rings. The van der Waals surface area contributed by atoms with Gasteiger partial charge in [-0.05, 0) is 43.3 Å². The number of aromatic nitrogens is 1. The summed E-state index contributed by atoms with van der Waals surface area (Å²) >= 11 is 3.34. The monoisotopic (exact) mass is 435 g/mol. The second-order valence-electron chi connectivity index (χ2n) is 7.33. The smallest absolute Gasteiger partial charge is 0.262 e. The van der Waals surface area contributed by atoms with Crippen LogP contribution in [-0.2, 0) is 17.8 Å². The highest BCUT2D eigenvalue weighted by Gasteiger charge is 2.26. The molecule has 0 fully saturated rings. The predicted molar refractivity (Wildman–Crippen MR) is 124 cm³/mol. The molecule has 2 aromatic carbocycles. The number of carbonyl (C=O) groups excluding carboxylic acids is 1. The lowest BCUT2D eigenvalue weighted by Gasteiger charge is -2.22. The number of amides is 1. The summed E-state index contributed by atoms with van der Waals surface area (Å²) in [6.07, 6.45) is 0.962. The van der Waals surface area contributed by atoms with Gasteiger partial charge in [0.2, 0.25) is 0 Å². The first-order valence-electron chi connectivity index (χ1n) is 9.84. The molecule has 5 rings (SSSR count). The molecule has 7 heteroatoms. The van der Waals surface area contributed by atoms with Crippen molar-refractivity contribution in [3.05, 3.63) is 65.0 Å². The SMILES string of the molecule is CN1CCc2c(sc(NC(=O)COc3ccccc3)c2-c2nc3ccccc3s2)C1. The van der Waals surface area contributed by atoms with Gasteiger partial charge in [-0.15, -0.1) is 22.7 Å². The molecule has 0 saturated heterocycles. The fourth-order valence-corrected chi connectivity index (χ4v) is 6.11. The highest BCUT2D eigenvalue weighted by molar-refractivity contribution is 7.22. The lowest BCUT2D eigenvalue weighted by molar-refractivity contribution is -0.118. The summed E-state index contributed by atoms with van der Waals surface area (Å²) in [5.74, 6) is 0.527. The van der Waals surface area contributed by atoms with Crippen LogP contribution in [0.25, 0.3) is 20.8 Å². The van der Waals surface area contributed by atoms with E-state index in [9.17, 15) is 4.79 Å². The number of rotatable bonds is 5. The summed E-state index contributed by atoms with van der Waals surface area (Å²) in [5.41, 5.74) is 3.39. The van der Waals surface area contributed by atoms with E-state index >= 15 is 0 Å². The molecular formula is C23H21N3O2S2. The normalized spacial score (nSPS) is 13.9. The third-order valence-electron chi connectivity index (χ3n) is 5.12. The fraction of sp³-hybridized carbons (Fsp3) is 0.217. The topological polar surface area (TPSA) is 54.5 Å². The zero-order valence-corrected chi connectivity index (χ0v) is 18.2. The number of nitrogens with one attached hydrogen (secondary N) is 1. The Hall–Kier alpha value is -2.74. The van der Waals surface area contributed by atoms with Gasteiger partial charge in [-0.3, -0.25) is 4.79 Å². The molecule has 0 saturated carbocycles. The van der Waals surface area contributed by atoms with Crippen LogP contribution in [0.1, 0.15) is 10.4 Å². The van der Waals surface area contributed by atoms with Crippen LogP contribution in [-0.4, -0.2) is 36.0 Å². The molecule has 1 aliphatic heterocycles. The van der Waals surface area contributed by atoms with Gasteiger partial charge in [-0.2, -0.15) is 0 Å². The van der Waals surface area contributed by atoms with E-state index in [0.29, 0.717) is 5.75 Å². The van der Waals surface area contributed by atoms with Crippen molar-refractivity contribution in [1.29, 1.82) is 0 Å². The molecule has 0 atom stereocenters. The summed E-state index contributed by atoms with van der Waals surface area (Å²) in [4.78, 5) is 21.1. The van der Waals surface area contributed by atoms with E-state index in [1.54, 1.807) is 22.7 Å². The van der Waals surface area contributed by atoms with Crippen molar-refractivity contribution in [2.45, 2.75) is 13.0 Å². The molecule has 0 aliphatic carbocycles. The maximum atomic E-state index is 12.7. The van der Waals surface area contributed by atoms with Crippen LogP contribution in [0.3, 0.4) is 0 Å². The van der Waals surface area contributed by atoms with Gasteiger partial charge in [0.25, 0.3) is 5.91 Å². The molecule has 5 nitrogen and oxygen atoms in total. The highest BCUT2D eigenvalue weighted by atomic mass is 32.1. The van der Waals surface area contributed by atoms with Crippen LogP contribution < -0.4 is 10.1 Å². The maximum absolute atomic E-state index is 12.7. The molecule has 0 unspecified atom stereocenters. The Morgan fingerprint density at radius 1 is 1.13 bits per heavy atom. The third kappa shape index (κ3) is 3.84. The average molecular weight is 436 g/mol. The number of para-hydroxylation sites is 2. The minimum atomic E-state index is -0.159. The van der Waals surface area contributed by atoms with E-state index in [-0.39, 0.29) is 12.5 Å². The Balaban J connectivity index is 1.46. The van der Waals surface area contributed by atoms with Gasteiger partial charge in [-0.1, -0.05) is 30.3 Å². The number of benzene rings is 2. The van der Waals surface area contributed by atoms with Gasteiger partial charge in [-0.25, -0.2) is 4.98 Å². The largest absolute Gasteiger partial charge is 0.484 e. The van der Waals surface area contributed by atoms with Crippen molar-refractivity contribution in [1.82, 2.24) is 9.88 Å². The van der Waals surface area contributed by atoms with Crippen molar-refractivity contribution < 1.29 is 9.53 Å². The standard InChI is InChI=1S/C23H21N3O2S2/c1-26-12-11-16-19(13-26)30-23(25-20(27)14-28-15-7-3-2-4-8-15)21(16)22-24-17-9-5-6-10-18(17)29-22/h2-10H,11-14H2,1H3,(H,25,27). The summed E-state index contributed by atoms with van der Waals surface area (Å²) in [6.45, 7) is 1.88. The van der Waals surface area contributed by atoms with Crippen molar-refractivity contribution in [3.63, 3.8) is 0 Å². The van der Waals surface area contributed by atoms with Gasteiger partial charge >= 0.3 is 0 Å². The molecule has 1 N–H and O–H groups in total. The molecule has 3 heterocycles. The number of fused-ring (bicyclic) bond motifs is 2. The molecule has 152 valence electrons. The van der Waals surface area contributed by atoms with E-state index in [4.69, 9.17) is 9.72 Å². The van der Waals surface area contributed by atoms with Gasteiger partial charge in [0.05, 0.1) is 10.2 Å². The summed E-state index contributed by atoms with van der Waals surface area (Å²) in [5, 5.41) is 4.94. The first-order chi connectivity index (χ1) is 14.7. The van der Waals surface area contributed by atoms with Crippen LogP contribution in [0.5, 0.6) is 5.75 Å². The van der Waals surface area contributed by atoms with E-state index < -0.39 is 0 Å². The van der Waals surface area contributed by atoms with E-state index in [0.717, 1.165) is 45.3 Å². The lowest BCUT2D eigenvalue weighted by atomic mass is 10.0. The quantitative estimate of drug-likeness (QED) is 0.478. The van der Waals surface area contributed by atoms with Gasteiger partial charge in [0.1, 0.15) is 15.8 Å². The second-order valence-corrected chi connectivity index (χ2v) is 9.47. The Morgan fingerprint density at radius 3 is 2.77 bits per heavy atom. The van der Waals surface area contributed by atoms with Crippen molar-refractivity contribution in [3.8, 4) is 16.3 Å². The number of carbonyl (C=O) groups is 1. The molecule has 4 aromatic rings. The number of ether oxygens (including phenoxy) is 1. The number of nitrogens with zero attached hydrogens (tertiary/aromatic N) is 2. The predicted octanol–water partition coefficient (Wildman–Crippen LogP) is 5.03. The average Bonchev–Trinajstić information content (AvgIpc) is 3.33. The number of likely N-dealkylation sites (N-methyl/N-ethyl adjacent to an activating group) is 1. The Kier molecular flexibility index (Phi) is 5.25. The Morgan fingerprint density at radius 2 is 1.93 bits per heavy atom. The maximum Gasteiger partial charge on any atom is 0.262 e. The summed E-state index contributed by atoms with van der Waals surface area (Å²) < 4.78 is 6.78. The van der Waals surface area contributed by atoms with Crippen molar-refractivity contribution in [2.24, 2.45) is 0 Å². The van der Waals surface area contributed by atoms with Crippen LogP contribution >= 0.6 is 22.7 Å². The van der Waals surface area contributed by atoms with Crippen LogP contribution in [0.2, 0.25) is 0 Å². The van der Waals surface area contributed by atoms with E-state index in [1.165, 1.54) is 10.4 Å². The zero-order chi connectivity index (χ0) is 20.5. The van der Waals surface area contributed by atoms with Gasteiger partial charge in [0, 0.05) is 23.5 Å². The summed E-state index contributed by atoms with van der Waals surface area (Å²) in [7, 11) is 2.13. The highest BCUT2D eigenvalue weighted by Crippen LogP contribution is 2.45. The minimum absolute atomic E-state index is 0.0221. The minimum Gasteiger partial charge on any atom is -0.484 e. The summed E-state index contributed by atoms with van der Waals surface area (Å²) in [6, 6.07) is 17.6. The van der Waals surface area contributed by atoms with Crippen molar-refractivity contribution >= 4 is 43.8 Å². The number of hydrogen-bond acceptors (Lipinski definition) is 6. The van der Waals surface area contributed by atoms with E-state index in [2.05, 4.69) is 23.3 Å². The second kappa shape index (κ2) is 8.18. The third-order valence-corrected chi connectivity index (χ3v) is 7.31. The van der Waals surface area contributed by atoms with Gasteiger partial charge in [0.15, 0.2) is 6.61 Å². The first-order valence-corrected chi connectivity index (χ1v) is 11.5. The molecule has 1 amide bonds. The fourth-order valence-electron chi connectivity index (χ4n) is 3.65. The van der Waals surface area contributed by atoms with Crippen LogP contribution in [0.4, 0.5) is 5.00 Å². The number of thiazole rings is 1. The molecule has 0 radical (unpaired) electrons. The molecule has 0 spiro atoms. The van der Waals surface area contributed by atoms with Gasteiger partial charge < -0.3 is 15.0 Å². The molecule has 30 heavy (non-hydrogen) atoms. The molecular weight excluding hydrogens is 414 g/mol. The Labute approximate surface area is 182 Å². The number of hydrogen-bond donors (Lipinski definition) is 1. The zero-order valence-electron chi connectivity index (χ0n) is 16.6. The van der Waals surface area contributed by atoms with E-state index in [1.807, 2.05) is 48.5 Å². The number of thiophene rings is 1. The van der Waals surface area contributed by atoms with Crippen LogP contribution in [0, 0.1) is 0 Å². The van der Waals surface area contributed by atoms with Crippen molar-refractivity contribution in [2.75, 3.05) is 25.5 Å². The Bertz CT molecular complexity index is 1170. The lowest BCUT2D eigenvalue weighted by Crippen LogP contribution is -2.25. The molecule has 2 aromatic heterocycles. The first kappa shape index (κ1) is 19.2.